The fraction of sp³-hybridized carbons (Fsp3) is 0.105. The van der Waals surface area contributed by atoms with Crippen LogP contribution in [0.1, 0.15) is 12.5 Å². The molecular formula is C19H15BrN2O4S. The molecule has 138 valence electrons. The Morgan fingerprint density at radius 1 is 1.22 bits per heavy atom. The number of ether oxygens (including phenoxy) is 1. The van der Waals surface area contributed by atoms with E-state index in [4.69, 9.17) is 17.0 Å². The minimum absolute atomic E-state index is 0.0175. The van der Waals surface area contributed by atoms with E-state index in [1.54, 1.807) is 43.3 Å². The number of hydrogen-bond acceptors (Lipinski definition) is 5. The van der Waals surface area contributed by atoms with Crippen molar-refractivity contribution in [2.75, 3.05) is 11.5 Å². The second-order valence-electron chi connectivity index (χ2n) is 5.59. The molecule has 0 bridgehead atoms. The number of aromatic hydroxyl groups is 1. The van der Waals surface area contributed by atoms with E-state index in [9.17, 15) is 14.7 Å². The van der Waals surface area contributed by atoms with Gasteiger partial charge in [-0.3, -0.25) is 19.8 Å². The second kappa shape index (κ2) is 7.89. The largest absolute Gasteiger partial charge is 0.504 e. The average Bonchev–Trinajstić information content (AvgIpc) is 2.63. The molecule has 2 aromatic rings. The molecule has 0 aliphatic carbocycles. The Bertz CT molecular complexity index is 957. The molecule has 0 radical (unpaired) electrons. The number of benzene rings is 2. The standard InChI is InChI=1S/C19H15BrN2O4S/c1-2-26-16-10-11(3-8-15(16)23)9-14-17(24)21-19(27)22(18(14)25)13-6-4-12(20)5-7-13/h3-10,23H,2H2,1H3,(H,21,24,27)/b14-9-. The van der Waals surface area contributed by atoms with Crippen LogP contribution in [0.4, 0.5) is 5.69 Å². The maximum absolute atomic E-state index is 12.9. The van der Waals surface area contributed by atoms with Crippen LogP contribution in [0.5, 0.6) is 11.5 Å². The second-order valence-corrected chi connectivity index (χ2v) is 6.90. The van der Waals surface area contributed by atoms with Gasteiger partial charge in [-0.1, -0.05) is 22.0 Å². The van der Waals surface area contributed by atoms with Crippen LogP contribution < -0.4 is 15.0 Å². The lowest BCUT2D eigenvalue weighted by Crippen LogP contribution is -2.54. The van der Waals surface area contributed by atoms with Gasteiger partial charge in [-0.25, -0.2) is 0 Å². The lowest BCUT2D eigenvalue weighted by Gasteiger charge is -2.29. The van der Waals surface area contributed by atoms with Gasteiger partial charge in [-0.05, 0) is 67.2 Å². The first-order valence-corrected chi connectivity index (χ1v) is 9.23. The highest BCUT2D eigenvalue weighted by atomic mass is 79.9. The summed E-state index contributed by atoms with van der Waals surface area (Å²) in [7, 11) is 0. The van der Waals surface area contributed by atoms with E-state index < -0.39 is 11.8 Å². The van der Waals surface area contributed by atoms with Crippen molar-refractivity contribution in [3.05, 3.63) is 58.1 Å². The quantitative estimate of drug-likeness (QED) is 0.427. The summed E-state index contributed by atoms with van der Waals surface area (Å²) in [5.41, 5.74) is 1.01. The molecule has 0 spiro atoms. The molecule has 27 heavy (non-hydrogen) atoms. The smallest absolute Gasteiger partial charge is 0.270 e. The third kappa shape index (κ3) is 4.01. The molecular weight excluding hydrogens is 432 g/mol. The summed E-state index contributed by atoms with van der Waals surface area (Å²) in [6, 6.07) is 11.6. The fourth-order valence-electron chi connectivity index (χ4n) is 2.54. The van der Waals surface area contributed by atoms with Crippen molar-refractivity contribution >= 4 is 56.8 Å². The summed E-state index contributed by atoms with van der Waals surface area (Å²) >= 11 is 8.51. The molecule has 1 aliphatic heterocycles. The predicted molar refractivity (Wildman–Crippen MR) is 110 cm³/mol. The zero-order valence-electron chi connectivity index (χ0n) is 14.2. The van der Waals surface area contributed by atoms with Crippen LogP contribution >= 0.6 is 28.1 Å². The molecule has 2 aromatic carbocycles. The Kier molecular flexibility index (Phi) is 5.57. The van der Waals surface area contributed by atoms with Gasteiger partial charge in [-0.15, -0.1) is 0 Å². The summed E-state index contributed by atoms with van der Waals surface area (Å²) in [6.45, 7) is 2.17. The van der Waals surface area contributed by atoms with Crippen molar-refractivity contribution in [3.63, 3.8) is 0 Å². The van der Waals surface area contributed by atoms with E-state index in [1.807, 2.05) is 0 Å². The molecule has 3 rings (SSSR count). The number of carbonyl (C=O) groups excluding carboxylic acids is 2. The molecule has 1 fully saturated rings. The molecule has 0 unspecified atom stereocenters. The molecule has 0 saturated carbocycles. The Balaban J connectivity index is 1.99. The van der Waals surface area contributed by atoms with Gasteiger partial charge in [-0.2, -0.15) is 0 Å². The van der Waals surface area contributed by atoms with Crippen LogP contribution in [0.25, 0.3) is 6.08 Å². The number of nitrogens with zero attached hydrogens (tertiary/aromatic N) is 1. The van der Waals surface area contributed by atoms with Crippen LogP contribution in [-0.2, 0) is 9.59 Å². The number of carbonyl (C=O) groups is 2. The molecule has 2 N–H and O–H groups in total. The minimum Gasteiger partial charge on any atom is -0.504 e. The summed E-state index contributed by atoms with van der Waals surface area (Å²) in [5, 5.41) is 12.4. The number of phenolic OH excluding ortho intramolecular Hbond substituents is 1. The van der Waals surface area contributed by atoms with Crippen molar-refractivity contribution in [3.8, 4) is 11.5 Å². The van der Waals surface area contributed by atoms with Crippen molar-refractivity contribution in [2.45, 2.75) is 6.92 Å². The van der Waals surface area contributed by atoms with Crippen molar-refractivity contribution in [1.82, 2.24) is 5.32 Å². The Morgan fingerprint density at radius 3 is 2.59 bits per heavy atom. The van der Waals surface area contributed by atoms with Gasteiger partial charge >= 0.3 is 0 Å². The lowest BCUT2D eigenvalue weighted by atomic mass is 10.1. The average molecular weight is 447 g/mol. The van der Waals surface area contributed by atoms with Gasteiger partial charge in [0.2, 0.25) is 0 Å². The number of thiocarbonyl (C=S) groups is 1. The molecule has 0 atom stereocenters. The monoisotopic (exact) mass is 446 g/mol. The van der Waals surface area contributed by atoms with Crippen LogP contribution in [0.15, 0.2) is 52.5 Å². The molecule has 2 amide bonds. The molecule has 1 heterocycles. The van der Waals surface area contributed by atoms with Gasteiger partial charge in [0.15, 0.2) is 16.6 Å². The first-order chi connectivity index (χ1) is 12.9. The van der Waals surface area contributed by atoms with E-state index in [2.05, 4.69) is 21.2 Å². The number of phenols is 1. The van der Waals surface area contributed by atoms with Crippen LogP contribution in [0.2, 0.25) is 0 Å². The van der Waals surface area contributed by atoms with E-state index in [-0.39, 0.29) is 22.2 Å². The van der Waals surface area contributed by atoms with Crippen LogP contribution in [-0.4, -0.2) is 28.6 Å². The molecule has 8 heteroatoms. The zero-order valence-corrected chi connectivity index (χ0v) is 16.6. The van der Waals surface area contributed by atoms with Gasteiger partial charge in [0.25, 0.3) is 11.8 Å². The maximum Gasteiger partial charge on any atom is 0.270 e. The Labute approximate surface area is 169 Å². The van der Waals surface area contributed by atoms with Crippen LogP contribution in [0, 0.1) is 0 Å². The third-order valence-corrected chi connectivity index (χ3v) is 4.59. The van der Waals surface area contributed by atoms with Gasteiger partial charge in [0.1, 0.15) is 5.57 Å². The number of amides is 2. The summed E-state index contributed by atoms with van der Waals surface area (Å²) < 4.78 is 6.19. The number of anilines is 1. The first kappa shape index (κ1) is 19.1. The number of nitrogens with one attached hydrogen (secondary N) is 1. The lowest BCUT2D eigenvalue weighted by molar-refractivity contribution is -0.122. The van der Waals surface area contributed by atoms with Crippen LogP contribution in [0.3, 0.4) is 0 Å². The number of rotatable bonds is 4. The SMILES string of the molecule is CCOc1cc(/C=C2/C(=O)NC(=S)N(c3ccc(Br)cc3)C2=O)ccc1O. The van der Waals surface area contributed by atoms with E-state index >= 15 is 0 Å². The van der Waals surface area contributed by atoms with Gasteiger partial charge in [0, 0.05) is 4.47 Å². The van der Waals surface area contributed by atoms with E-state index in [0.29, 0.717) is 17.9 Å². The van der Waals surface area contributed by atoms with Crippen molar-refractivity contribution in [2.24, 2.45) is 0 Å². The van der Waals surface area contributed by atoms with Gasteiger partial charge < -0.3 is 9.84 Å². The molecule has 6 nitrogen and oxygen atoms in total. The third-order valence-electron chi connectivity index (χ3n) is 3.78. The van der Waals surface area contributed by atoms with E-state index in [0.717, 1.165) is 4.47 Å². The van der Waals surface area contributed by atoms with Gasteiger partial charge in [0.05, 0.1) is 12.3 Å². The predicted octanol–water partition coefficient (Wildman–Crippen LogP) is 3.38. The normalized spacial score (nSPS) is 15.9. The number of halogens is 1. The number of hydrogen-bond donors (Lipinski definition) is 2. The van der Waals surface area contributed by atoms with E-state index in [1.165, 1.54) is 17.0 Å². The highest BCUT2D eigenvalue weighted by molar-refractivity contribution is 9.10. The Hall–Kier alpha value is -2.71. The zero-order chi connectivity index (χ0) is 19.6. The Morgan fingerprint density at radius 2 is 1.93 bits per heavy atom. The minimum atomic E-state index is -0.579. The maximum atomic E-state index is 12.9. The van der Waals surface area contributed by atoms with Crippen molar-refractivity contribution < 1.29 is 19.4 Å². The molecule has 0 aromatic heterocycles. The topological polar surface area (TPSA) is 78.9 Å². The highest BCUT2D eigenvalue weighted by Gasteiger charge is 2.34. The fourth-order valence-corrected chi connectivity index (χ4v) is 3.09. The highest BCUT2D eigenvalue weighted by Crippen LogP contribution is 2.29. The summed E-state index contributed by atoms with van der Waals surface area (Å²) in [6.07, 6.45) is 1.44. The summed E-state index contributed by atoms with van der Waals surface area (Å²) in [5.74, 6) is -0.853. The summed E-state index contributed by atoms with van der Waals surface area (Å²) in [4.78, 5) is 26.5. The molecule has 1 saturated heterocycles. The first-order valence-electron chi connectivity index (χ1n) is 8.03. The molecule has 1 aliphatic rings. The van der Waals surface area contributed by atoms with Crippen molar-refractivity contribution in [1.29, 1.82) is 0 Å².